The summed E-state index contributed by atoms with van der Waals surface area (Å²) in [5.74, 6) is -0.205. The van der Waals surface area contributed by atoms with E-state index < -0.39 is 0 Å². The van der Waals surface area contributed by atoms with Gasteiger partial charge in [0.1, 0.15) is 0 Å². The molecule has 1 aromatic carbocycles. The van der Waals surface area contributed by atoms with Gasteiger partial charge in [-0.15, -0.1) is 0 Å². The molecule has 4 nitrogen and oxygen atoms in total. The molecule has 0 aliphatic carbocycles. The van der Waals surface area contributed by atoms with Gasteiger partial charge < -0.3 is 15.2 Å². The highest BCUT2D eigenvalue weighted by molar-refractivity contribution is 6.34. The van der Waals surface area contributed by atoms with Crippen LogP contribution >= 0.6 is 23.2 Å². The Bertz CT molecular complexity index is 464. The predicted octanol–water partition coefficient (Wildman–Crippen LogP) is 2.52. The second-order valence-electron chi connectivity index (χ2n) is 3.98. The van der Waals surface area contributed by atoms with Gasteiger partial charge in [0.25, 0.3) is 0 Å². The third kappa shape index (κ3) is 6.91. The van der Waals surface area contributed by atoms with Crippen LogP contribution in [0.3, 0.4) is 0 Å². The quantitative estimate of drug-likeness (QED) is 0.572. The second-order valence-corrected chi connectivity index (χ2v) is 4.82. The van der Waals surface area contributed by atoms with Crippen LogP contribution in [0, 0.1) is 0 Å². The molecule has 0 bridgehead atoms. The summed E-state index contributed by atoms with van der Waals surface area (Å²) in [5, 5.41) is 12.3. The molecule has 1 amide bonds. The van der Waals surface area contributed by atoms with E-state index in [0.29, 0.717) is 41.8 Å². The smallest absolute Gasteiger partial charge is 0.244 e. The molecule has 0 spiro atoms. The standard InChI is InChI=1S/C14H17Cl2NO3/c15-12-3-4-13(16)11(10-12)2-5-14(19)17-6-1-8-20-9-7-18/h2-5,10,18H,1,6-9H2,(H,17,19)/b5-2+. The number of ether oxygens (including phenoxy) is 1. The Morgan fingerprint density at radius 1 is 1.35 bits per heavy atom. The number of nitrogens with one attached hydrogen (secondary N) is 1. The Morgan fingerprint density at radius 3 is 2.90 bits per heavy atom. The predicted molar refractivity (Wildman–Crippen MR) is 81.0 cm³/mol. The topological polar surface area (TPSA) is 58.6 Å². The van der Waals surface area contributed by atoms with Crippen molar-refractivity contribution in [2.75, 3.05) is 26.4 Å². The van der Waals surface area contributed by atoms with Crippen LogP contribution in [0.5, 0.6) is 0 Å². The molecular weight excluding hydrogens is 301 g/mol. The van der Waals surface area contributed by atoms with Crippen LogP contribution in [-0.2, 0) is 9.53 Å². The van der Waals surface area contributed by atoms with E-state index in [4.69, 9.17) is 33.0 Å². The minimum absolute atomic E-state index is 0.00942. The SMILES string of the molecule is O=C(/C=C/c1cc(Cl)ccc1Cl)NCCCOCCO. The molecule has 1 rings (SSSR count). The molecule has 0 saturated heterocycles. The first-order valence-electron chi connectivity index (χ1n) is 6.23. The molecule has 1 aromatic rings. The summed E-state index contributed by atoms with van der Waals surface area (Å²) >= 11 is 11.8. The first-order chi connectivity index (χ1) is 9.63. The average molecular weight is 318 g/mol. The summed E-state index contributed by atoms with van der Waals surface area (Å²) in [7, 11) is 0. The lowest BCUT2D eigenvalue weighted by molar-refractivity contribution is -0.116. The zero-order valence-electron chi connectivity index (χ0n) is 10.9. The molecule has 0 aliphatic rings. The van der Waals surface area contributed by atoms with Gasteiger partial charge in [-0.2, -0.15) is 0 Å². The van der Waals surface area contributed by atoms with Crippen LogP contribution in [0.25, 0.3) is 6.08 Å². The number of aliphatic hydroxyl groups is 1. The van der Waals surface area contributed by atoms with E-state index in [1.54, 1.807) is 24.3 Å². The highest BCUT2D eigenvalue weighted by Crippen LogP contribution is 2.21. The summed E-state index contributed by atoms with van der Waals surface area (Å²) in [6.45, 7) is 1.35. The number of amides is 1. The number of carbonyl (C=O) groups is 1. The van der Waals surface area contributed by atoms with Crippen LogP contribution in [0.2, 0.25) is 10.0 Å². The lowest BCUT2D eigenvalue weighted by Gasteiger charge is -2.03. The second kappa shape index (κ2) is 9.77. The number of aliphatic hydroxyl groups excluding tert-OH is 1. The van der Waals surface area contributed by atoms with Crippen molar-refractivity contribution in [3.05, 3.63) is 39.9 Å². The largest absolute Gasteiger partial charge is 0.394 e. The molecule has 0 radical (unpaired) electrons. The number of halogens is 2. The Hall–Kier alpha value is -1.07. The molecule has 110 valence electrons. The van der Waals surface area contributed by atoms with E-state index in [1.165, 1.54) is 6.08 Å². The van der Waals surface area contributed by atoms with Crippen LogP contribution < -0.4 is 5.32 Å². The van der Waals surface area contributed by atoms with E-state index in [1.807, 2.05) is 0 Å². The third-order valence-corrected chi connectivity index (χ3v) is 2.95. The van der Waals surface area contributed by atoms with E-state index in [2.05, 4.69) is 5.32 Å². The van der Waals surface area contributed by atoms with Gasteiger partial charge in [0.2, 0.25) is 5.91 Å². The fraction of sp³-hybridized carbons (Fsp3) is 0.357. The molecule has 6 heteroatoms. The fourth-order valence-corrected chi connectivity index (χ4v) is 1.78. The van der Waals surface area contributed by atoms with Crippen molar-refractivity contribution in [1.82, 2.24) is 5.32 Å². The maximum absolute atomic E-state index is 11.5. The van der Waals surface area contributed by atoms with Gasteiger partial charge in [-0.05, 0) is 36.3 Å². The lowest BCUT2D eigenvalue weighted by Crippen LogP contribution is -2.23. The Kier molecular flexibility index (Phi) is 8.30. The highest BCUT2D eigenvalue weighted by atomic mass is 35.5. The third-order valence-electron chi connectivity index (χ3n) is 2.37. The normalized spacial score (nSPS) is 10.9. The molecule has 2 N–H and O–H groups in total. The first-order valence-corrected chi connectivity index (χ1v) is 6.98. The van der Waals surface area contributed by atoms with Crippen molar-refractivity contribution in [2.45, 2.75) is 6.42 Å². The highest BCUT2D eigenvalue weighted by Gasteiger charge is 1.99. The van der Waals surface area contributed by atoms with Crippen LogP contribution in [-0.4, -0.2) is 37.4 Å². The van der Waals surface area contributed by atoms with E-state index in [0.717, 1.165) is 0 Å². The molecule has 0 saturated carbocycles. The summed E-state index contributed by atoms with van der Waals surface area (Å²) in [5.41, 5.74) is 0.695. The van der Waals surface area contributed by atoms with Crippen molar-refractivity contribution in [2.24, 2.45) is 0 Å². The minimum Gasteiger partial charge on any atom is -0.394 e. The van der Waals surface area contributed by atoms with Gasteiger partial charge in [0.05, 0.1) is 13.2 Å². The summed E-state index contributed by atoms with van der Waals surface area (Å²) in [4.78, 5) is 11.5. The molecule has 0 fully saturated rings. The van der Waals surface area contributed by atoms with Crippen LogP contribution in [0.4, 0.5) is 0 Å². The van der Waals surface area contributed by atoms with E-state index in [9.17, 15) is 4.79 Å². The molecule has 0 heterocycles. The number of carbonyl (C=O) groups excluding carboxylic acids is 1. The van der Waals surface area contributed by atoms with E-state index in [-0.39, 0.29) is 12.5 Å². The molecule has 20 heavy (non-hydrogen) atoms. The van der Waals surface area contributed by atoms with Crippen LogP contribution in [0.1, 0.15) is 12.0 Å². The van der Waals surface area contributed by atoms with Gasteiger partial charge in [-0.1, -0.05) is 23.2 Å². The number of rotatable bonds is 8. The summed E-state index contributed by atoms with van der Waals surface area (Å²) < 4.78 is 5.07. The molecule has 0 aromatic heterocycles. The van der Waals surface area contributed by atoms with Gasteiger partial charge in [-0.3, -0.25) is 4.79 Å². The van der Waals surface area contributed by atoms with Crippen molar-refractivity contribution in [1.29, 1.82) is 0 Å². The van der Waals surface area contributed by atoms with Gasteiger partial charge in [-0.25, -0.2) is 0 Å². The summed E-state index contributed by atoms with van der Waals surface area (Å²) in [6.07, 6.45) is 3.72. The Labute approximate surface area is 128 Å². The van der Waals surface area contributed by atoms with Gasteiger partial charge >= 0.3 is 0 Å². The Morgan fingerprint density at radius 2 is 2.15 bits per heavy atom. The Balaban J connectivity index is 2.31. The zero-order chi connectivity index (χ0) is 14.8. The molecule has 0 aliphatic heterocycles. The molecular formula is C14H17Cl2NO3. The van der Waals surface area contributed by atoms with Crippen molar-refractivity contribution >= 4 is 35.2 Å². The fourth-order valence-electron chi connectivity index (χ4n) is 1.42. The van der Waals surface area contributed by atoms with Crippen molar-refractivity contribution < 1.29 is 14.6 Å². The van der Waals surface area contributed by atoms with E-state index >= 15 is 0 Å². The molecule has 0 atom stereocenters. The maximum atomic E-state index is 11.5. The van der Waals surface area contributed by atoms with Crippen molar-refractivity contribution in [3.8, 4) is 0 Å². The van der Waals surface area contributed by atoms with Crippen LogP contribution in [0.15, 0.2) is 24.3 Å². The molecule has 0 unspecified atom stereocenters. The minimum atomic E-state index is -0.205. The monoisotopic (exact) mass is 317 g/mol. The zero-order valence-corrected chi connectivity index (χ0v) is 12.5. The van der Waals surface area contributed by atoms with Gasteiger partial charge in [0.15, 0.2) is 0 Å². The lowest BCUT2D eigenvalue weighted by atomic mass is 10.2. The first kappa shape index (κ1) is 17.0. The average Bonchev–Trinajstić information content (AvgIpc) is 2.43. The number of benzene rings is 1. The number of hydrogen-bond acceptors (Lipinski definition) is 3. The number of hydrogen-bond donors (Lipinski definition) is 2. The van der Waals surface area contributed by atoms with Gasteiger partial charge in [0, 0.05) is 29.3 Å². The van der Waals surface area contributed by atoms with Crippen molar-refractivity contribution in [3.63, 3.8) is 0 Å². The summed E-state index contributed by atoms with van der Waals surface area (Å²) in [6, 6.07) is 5.06. The maximum Gasteiger partial charge on any atom is 0.244 e.